The van der Waals surface area contributed by atoms with Crippen LogP contribution in [0.1, 0.15) is 17.5 Å². The number of likely N-dealkylation sites (N-methyl/N-ethyl adjacent to an activating group) is 1. The number of methoxy groups -OCH3 is 1. The van der Waals surface area contributed by atoms with E-state index in [1.54, 1.807) is 18.4 Å². The summed E-state index contributed by atoms with van der Waals surface area (Å²) in [6.45, 7) is 2.13. The van der Waals surface area contributed by atoms with Crippen LogP contribution in [0, 0.1) is 0 Å². The second-order valence-corrected chi connectivity index (χ2v) is 8.93. The van der Waals surface area contributed by atoms with Crippen LogP contribution < -0.4 is 14.4 Å². The van der Waals surface area contributed by atoms with Crippen molar-refractivity contribution in [2.24, 2.45) is 0 Å². The molecule has 4 rings (SSSR count). The molecule has 0 N–H and O–H groups in total. The van der Waals surface area contributed by atoms with Gasteiger partial charge in [0.15, 0.2) is 11.5 Å². The summed E-state index contributed by atoms with van der Waals surface area (Å²) in [5.41, 5.74) is 3.40. The van der Waals surface area contributed by atoms with Crippen molar-refractivity contribution < 1.29 is 14.3 Å². The van der Waals surface area contributed by atoms with E-state index in [2.05, 4.69) is 35.5 Å². The molecule has 0 aliphatic carbocycles. The molecule has 5 nitrogen and oxygen atoms in total. The molecule has 1 unspecified atom stereocenters. The maximum atomic E-state index is 13.4. The molecule has 1 atom stereocenters. The number of amides is 1. The molecule has 1 aromatic heterocycles. The molecule has 1 aliphatic heterocycles. The fourth-order valence-electron chi connectivity index (χ4n) is 4.27. The van der Waals surface area contributed by atoms with Crippen molar-refractivity contribution in [2.45, 2.75) is 25.3 Å². The Morgan fingerprint density at radius 1 is 1.12 bits per heavy atom. The number of aryl methyl sites for hydroxylation is 1. The van der Waals surface area contributed by atoms with Crippen molar-refractivity contribution in [2.75, 3.05) is 38.8 Å². The third-order valence-corrected chi connectivity index (χ3v) is 6.62. The molecule has 0 spiro atoms. The quantitative estimate of drug-likeness (QED) is 0.476. The highest BCUT2D eigenvalue weighted by Crippen LogP contribution is 2.32. The van der Waals surface area contributed by atoms with Gasteiger partial charge in [0, 0.05) is 24.8 Å². The second kappa shape index (κ2) is 10.7. The molecule has 2 aromatic carbocycles. The van der Waals surface area contributed by atoms with Crippen molar-refractivity contribution in [1.82, 2.24) is 4.90 Å². The summed E-state index contributed by atoms with van der Waals surface area (Å²) in [4.78, 5) is 17.6. The molecule has 168 valence electrons. The minimum atomic E-state index is 0.146. The first-order chi connectivity index (χ1) is 15.7. The zero-order valence-corrected chi connectivity index (χ0v) is 19.5. The first kappa shape index (κ1) is 22.4. The first-order valence-corrected chi connectivity index (χ1v) is 12.0. The van der Waals surface area contributed by atoms with E-state index in [1.165, 1.54) is 5.56 Å². The lowest BCUT2D eigenvalue weighted by molar-refractivity contribution is -0.118. The van der Waals surface area contributed by atoms with E-state index in [1.807, 2.05) is 46.7 Å². The van der Waals surface area contributed by atoms with E-state index >= 15 is 0 Å². The van der Waals surface area contributed by atoms with Gasteiger partial charge in [-0.25, -0.2) is 0 Å². The van der Waals surface area contributed by atoms with E-state index in [-0.39, 0.29) is 11.9 Å². The summed E-state index contributed by atoms with van der Waals surface area (Å²) in [7, 11) is 3.74. The lowest BCUT2D eigenvalue weighted by atomic mass is 9.94. The number of fused-ring (bicyclic) bond motifs is 1. The predicted octanol–water partition coefficient (Wildman–Crippen LogP) is 4.66. The Morgan fingerprint density at radius 2 is 1.91 bits per heavy atom. The Labute approximate surface area is 194 Å². The second-order valence-electron chi connectivity index (χ2n) is 8.15. The molecule has 0 saturated heterocycles. The molecule has 0 saturated carbocycles. The Balaban J connectivity index is 1.41. The van der Waals surface area contributed by atoms with Crippen LogP contribution in [0.3, 0.4) is 0 Å². The molecule has 0 bridgehead atoms. The largest absolute Gasteiger partial charge is 0.493 e. The normalized spacial score (nSPS) is 15.5. The Morgan fingerprint density at radius 3 is 2.69 bits per heavy atom. The van der Waals surface area contributed by atoms with Crippen molar-refractivity contribution in [1.29, 1.82) is 0 Å². The number of nitrogens with zero attached hydrogens (tertiary/aromatic N) is 2. The maximum absolute atomic E-state index is 13.4. The van der Waals surface area contributed by atoms with Gasteiger partial charge in [0.05, 0.1) is 13.5 Å². The minimum Gasteiger partial charge on any atom is -0.493 e. The van der Waals surface area contributed by atoms with Gasteiger partial charge in [-0.2, -0.15) is 11.3 Å². The highest BCUT2D eigenvalue weighted by molar-refractivity contribution is 7.08. The molecule has 3 aromatic rings. The fraction of sp³-hybridized carbons (Fsp3) is 0.346. The number of hydrogen-bond donors (Lipinski definition) is 0. The van der Waals surface area contributed by atoms with E-state index < -0.39 is 0 Å². The third-order valence-electron chi connectivity index (χ3n) is 5.89. The zero-order valence-electron chi connectivity index (χ0n) is 18.7. The number of carbonyl (C=O) groups excluding carboxylic acids is 1. The van der Waals surface area contributed by atoms with Gasteiger partial charge in [-0.05, 0) is 66.0 Å². The van der Waals surface area contributed by atoms with E-state index in [4.69, 9.17) is 9.47 Å². The summed E-state index contributed by atoms with van der Waals surface area (Å²) in [6, 6.07) is 18.2. The van der Waals surface area contributed by atoms with Gasteiger partial charge < -0.3 is 19.3 Å². The van der Waals surface area contributed by atoms with Gasteiger partial charge in [0.1, 0.15) is 6.61 Å². The molecule has 1 amide bonds. The molecular formula is C26H30N2O3S. The number of para-hydroxylation sites is 3. The van der Waals surface area contributed by atoms with E-state index in [9.17, 15) is 4.79 Å². The lowest BCUT2D eigenvalue weighted by Gasteiger charge is -2.39. The minimum absolute atomic E-state index is 0.146. The number of ether oxygens (including phenoxy) is 2. The molecule has 0 radical (unpaired) electrons. The first-order valence-electron chi connectivity index (χ1n) is 11.0. The van der Waals surface area contributed by atoms with Crippen LogP contribution in [0.2, 0.25) is 0 Å². The van der Waals surface area contributed by atoms with Gasteiger partial charge in [0.2, 0.25) is 5.91 Å². The molecular weight excluding hydrogens is 420 g/mol. The van der Waals surface area contributed by atoms with Gasteiger partial charge in [-0.3, -0.25) is 4.79 Å². The van der Waals surface area contributed by atoms with Gasteiger partial charge in [0.25, 0.3) is 0 Å². The Bertz CT molecular complexity index is 1020. The third kappa shape index (κ3) is 5.31. The van der Waals surface area contributed by atoms with E-state index in [0.717, 1.165) is 48.7 Å². The van der Waals surface area contributed by atoms with Gasteiger partial charge >= 0.3 is 0 Å². The van der Waals surface area contributed by atoms with Crippen LogP contribution in [0.4, 0.5) is 5.69 Å². The number of thiophene rings is 1. The maximum Gasteiger partial charge on any atom is 0.231 e. The van der Waals surface area contributed by atoms with Crippen LogP contribution in [0.25, 0.3) is 0 Å². The number of rotatable bonds is 9. The summed E-state index contributed by atoms with van der Waals surface area (Å²) < 4.78 is 11.3. The Hall–Kier alpha value is -2.83. The Kier molecular flexibility index (Phi) is 7.45. The van der Waals surface area contributed by atoms with Crippen molar-refractivity contribution >= 4 is 22.9 Å². The summed E-state index contributed by atoms with van der Waals surface area (Å²) in [5.74, 6) is 1.66. The highest BCUT2D eigenvalue weighted by Gasteiger charge is 2.31. The van der Waals surface area contributed by atoms with E-state index in [0.29, 0.717) is 13.0 Å². The molecule has 32 heavy (non-hydrogen) atoms. The predicted molar refractivity (Wildman–Crippen MR) is 130 cm³/mol. The average Bonchev–Trinajstić information content (AvgIpc) is 3.32. The summed E-state index contributed by atoms with van der Waals surface area (Å²) in [6.07, 6.45) is 2.40. The topological polar surface area (TPSA) is 42.0 Å². The van der Waals surface area contributed by atoms with Gasteiger partial charge in [-0.1, -0.05) is 30.3 Å². The standard InChI is InChI=1S/C26H30N2O3S/c1-27(14-15-31-25-10-6-5-9-24(25)30-2)18-22-12-11-21-7-3-4-8-23(21)28(22)26(29)17-20-13-16-32-19-20/h3-10,13,16,19,22H,11-12,14-15,17-18H2,1-2H3. The van der Waals surface area contributed by atoms with Crippen LogP contribution in [-0.2, 0) is 17.6 Å². The average molecular weight is 451 g/mol. The fourth-order valence-corrected chi connectivity index (χ4v) is 4.94. The summed E-state index contributed by atoms with van der Waals surface area (Å²) >= 11 is 1.63. The van der Waals surface area contributed by atoms with Crippen molar-refractivity contribution in [3.63, 3.8) is 0 Å². The molecule has 1 aliphatic rings. The smallest absolute Gasteiger partial charge is 0.231 e. The molecule has 0 fully saturated rings. The zero-order chi connectivity index (χ0) is 22.3. The molecule has 6 heteroatoms. The molecule has 2 heterocycles. The van der Waals surface area contributed by atoms with Crippen molar-refractivity contribution in [3.05, 3.63) is 76.5 Å². The monoisotopic (exact) mass is 450 g/mol. The van der Waals surface area contributed by atoms with Crippen LogP contribution >= 0.6 is 11.3 Å². The van der Waals surface area contributed by atoms with Gasteiger partial charge in [-0.15, -0.1) is 0 Å². The number of benzene rings is 2. The highest BCUT2D eigenvalue weighted by atomic mass is 32.1. The SMILES string of the molecule is COc1ccccc1OCCN(C)CC1CCc2ccccc2N1C(=O)Cc1ccsc1. The van der Waals surface area contributed by atoms with Crippen molar-refractivity contribution in [3.8, 4) is 11.5 Å². The number of carbonyl (C=O) groups is 1. The van der Waals surface area contributed by atoms with Crippen LogP contribution in [0.15, 0.2) is 65.4 Å². The number of anilines is 1. The van der Waals surface area contributed by atoms with Crippen LogP contribution in [-0.4, -0.2) is 50.7 Å². The lowest BCUT2D eigenvalue weighted by Crippen LogP contribution is -2.50. The van der Waals surface area contributed by atoms with Crippen LogP contribution in [0.5, 0.6) is 11.5 Å². The number of hydrogen-bond acceptors (Lipinski definition) is 5. The summed E-state index contributed by atoms with van der Waals surface area (Å²) in [5, 5.41) is 4.09.